The van der Waals surface area contributed by atoms with Crippen LogP contribution >= 0.6 is 0 Å². The van der Waals surface area contributed by atoms with Crippen molar-refractivity contribution in [3.05, 3.63) is 94.8 Å². The molecule has 0 aliphatic carbocycles. The molecule has 4 rings (SSSR count). The van der Waals surface area contributed by atoms with Gasteiger partial charge < -0.3 is 4.57 Å². The molecule has 2 heterocycles. The summed E-state index contributed by atoms with van der Waals surface area (Å²) in [6.07, 6.45) is -1.36. The highest BCUT2D eigenvalue weighted by Gasteiger charge is 2.33. The molecule has 0 bridgehead atoms. The van der Waals surface area contributed by atoms with Crippen molar-refractivity contribution >= 4 is 0 Å². The van der Waals surface area contributed by atoms with Crippen LogP contribution in [0.15, 0.2) is 66.9 Å². The Labute approximate surface area is 163 Å². The lowest BCUT2D eigenvalue weighted by Gasteiger charge is -2.31. The van der Waals surface area contributed by atoms with E-state index in [-0.39, 0.29) is 6.04 Å². The summed E-state index contributed by atoms with van der Waals surface area (Å²) in [5.41, 5.74) is 3.54. The standard InChI is InChI=1S/C23H23F3N2/c1-17-7-2-3-8-19(17)16-28-14-6-13-27-12-5-11-21(27)22(28)18-9-4-10-20(15-18)23(24,25)26/h2-5,7-12,15,22H,6,13-14,16H2,1H3/t22-/m1/s1. The van der Waals surface area contributed by atoms with E-state index < -0.39 is 11.7 Å². The molecule has 0 saturated carbocycles. The van der Waals surface area contributed by atoms with E-state index in [1.54, 1.807) is 0 Å². The van der Waals surface area contributed by atoms with E-state index in [0.717, 1.165) is 31.3 Å². The molecule has 0 amide bonds. The summed E-state index contributed by atoms with van der Waals surface area (Å²) in [6.45, 7) is 4.49. The van der Waals surface area contributed by atoms with Crippen LogP contribution in [0, 0.1) is 6.92 Å². The molecule has 0 unspecified atom stereocenters. The van der Waals surface area contributed by atoms with Crippen molar-refractivity contribution in [3.63, 3.8) is 0 Å². The van der Waals surface area contributed by atoms with Crippen LogP contribution in [0.1, 0.15) is 40.4 Å². The topological polar surface area (TPSA) is 8.17 Å². The second-order valence-electron chi connectivity index (χ2n) is 7.40. The molecule has 1 atom stereocenters. The lowest BCUT2D eigenvalue weighted by molar-refractivity contribution is -0.137. The second-order valence-corrected chi connectivity index (χ2v) is 7.40. The predicted octanol–water partition coefficient (Wildman–Crippen LogP) is 5.81. The van der Waals surface area contributed by atoms with Gasteiger partial charge in [0.2, 0.25) is 0 Å². The van der Waals surface area contributed by atoms with Gasteiger partial charge in [-0.1, -0.05) is 36.4 Å². The van der Waals surface area contributed by atoms with Gasteiger partial charge in [0.05, 0.1) is 11.6 Å². The Morgan fingerprint density at radius 2 is 1.79 bits per heavy atom. The number of nitrogens with zero attached hydrogens (tertiary/aromatic N) is 2. The number of rotatable bonds is 3. The average Bonchev–Trinajstić information content (AvgIpc) is 3.04. The van der Waals surface area contributed by atoms with Crippen LogP contribution in [0.4, 0.5) is 13.2 Å². The third-order valence-electron chi connectivity index (χ3n) is 5.52. The zero-order chi connectivity index (χ0) is 19.7. The molecule has 1 aliphatic heterocycles. The fourth-order valence-corrected chi connectivity index (χ4v) is 4.08. The van der Waals surface area contributed by atoms with Crippen molar-refractivity contribution < 1.29 is 13.2 Å². The van der Waals surface area contributed by atoms with Crippen LogP contribution in [0.5, 0.6) is 0 Å². The van der Waals surface area contributed by atoms with Gasteiger partial charge in [-0.15, -0.1) is 0 Å². The van der Waals surface area contributed by atoms with Gasteiger partial charge in [0, 0.05) is 31.5 Å². The van der Waals surface area contributed by atoms with Gasteiger partial charge in [-0.3, -0.25) is 4.90 Å². The minimum Gasteiger partial charge on any atom is -0.350 e. The lowest BCUT2D eigenvalue weighted by atomic mass is 9.98. The van der Waals surface area contributed by atoms with Crippen LogP contribution in [0.3, 0.4) is 0 Å². The molecule has 0 fully saturated rings. The highest BCUT2D eigenvalue weighted by Crippen LogP contribution is 2.36. The van der Waals surface area contributed by atoms with Crippen LogP contribution in [-0.2, 0) is 19.3 Å². The van der Waals surface area contributed by atoms with Crippen LogP contribution in [0.2, 0.25) is 0 Å². The van der Waals surface area contributed by atoms with E-state index >= 15 is 0 Å². The van der Waals surface area contributed by atoms with Crippen molar-refractivity contribution in [2.45, 2.75) is 38.7 Å². The van der Waals surface area contributed by atoms with Crippen LogP contribution in [-0.4, -0.2) is 16.0 Å². The third kappa shape index (κ3) is 3.72. The van der Waals surface area contributed by atoms with E-state index in [9.17, 15) is 13.2 Å². The van der Waals surface area contributed by atoms with Crippen molar-refractivity contribution in [2.24, 2.45) is 0 Å². The normalized spacial score (nSPS) is 17.9. The number of aryl methyl sites for hydroxylation is 2. The molecule has 2 nitrogen and oxygen atoms in total. The van der Waals surface area contributed by atoms with E-state index in [1.165, 1.54) is 23.3 Å². The van der Waals surface area contributed by atoms with E-state index in [2.05, 4.69) is 28.5 Å². The molecule has 2 aromatic carbocycles. The number of hydrogen-bond donors (Lipinski definition) is 0. The van der Waals surface area contributed by atoms with Gasteiger partial charge in [0.25, 0.3) is 0 Å². The van der Waals surface area contributed by atoms with Crippen molar-refractivity contribution in [3.8, 4) is 0 Å². The molecular formula is C23H23F3N2. The Morgan fingerprint density at radius 3 is 2.57 bits per heavy atom. The molecule has 146 valence electrons. The zero-order valence-electron chi connectivity index (χ0n) is 15.8. The maximum Gasteiger partial charge on any atom is 0.416 e. The molecule has 3 aromatic rings. The summed E-state index contributed by atoms with van der Waals surface area (Å²) in [5.74, 6) is 0. The van der Waals surface area contributed by atoms with E-state index in [1.807, 2.05) is 36.5 Å². The number of fused-ring (bicyclic) bond motifs is 1. The van der Waals surface area contributed by atoms with Crippen molar-refractivity contribution in [1.29, 1.82) is 0 Å². The highest BCUT2D eigenvalue weighted by molar-refractivity contribution is 5.35. The summed E-state index contributed by atoms with van der Waals surface area (Å²) in [4.78, 5) is 2.30. The highest BCUT2D eigenvalue weighted by atomic mass is 19.4. The Bertz CT molecular complexity index is 958. The van der Waals surface area contributed by atoms with E-state index in [0.29, 0.717) is 12.1 Å². The fraction of sp³-hybridized carbons (Fsp3) is 0.304. The summed E-state index contributed by atoms with van der Waals surface area (Å²) in [5, 5.41) is 0. The molecule has 1 aromatic heterocycles. The van der Waals surface area contributed by atoms with Gasteiger partial charge in [-0.25, -0.2) is 0 Å². The zero-order valence-corrected chi connectivity index (χ0v) is 15.8. The Morgan fingerprint density at radius 1 is 0.964 bits per heavy atom. The number of benzene rings is 2. The van der Waals surface area contributed by atoms with Gasteiger partial charge >= 0.3 is 6.18 Å². The summed E-state index contributed by atoms with van der Waals surface area (Å²) in [6, 6.07) is 17.8. The monoisotopic (exact) mass is 384 g/mol. The van der Waals surface area contributed by atoms with Crippen molar-refractivity contribution in [2.75, 3.05) is 6.54 Å². The molecule has 0 saturated heterocycles. The van der Waals surface area contributed by atoms with Crippen LogP contribution < -0.4 is 0 Å². The molecule has 0 radical (unpaired) electrons. The Kier molecular flexibility index (Phi) is 5.02. The smallest absolute Gasteiger partial charge is 0.350 e. The van der Waals surface area contributed by atoms with Crippen molar-refractivity contribution in [1.82, 2.24) is 9.47 Å². The first-order valence-electron chi connectivity index (χ1n) is 9.54. The number of aromatic nitrogens is 1. The van der Waals surface area contributed by atoms with Gasteiger partial charge in [-0.05, 0) is 54.3 Å². The molecule has 0 spiro atoms. The number of hydrogen-bond acceptors (Lipinski definition) is 1. The molecule has 1 aliphatic rings. The molecule has 5 heteroatoms. The largest absolute Gasteiger partial charge is 0.416 e. The fourth-order valence-electron chi connectivity index (χ4n) is 4.08. The molecule has 0 N–H and O–H groups in total. The Hall–Kier alpha value is -2.53. The lowest BCUT2D eigenvalue weighted by Crippen LogP contribution is -2.30. The number of alkyl halides is 3. The first-order valence-corrected chi connectivity index (χ1v) is 9.54. The summed E-state index contributed by atoms with van der Waals surface area (Å²) < 4.78 is 42.2. The maximum absolute atomic E-state index is 13.3. The Balaban J connectivity index is 1.78. The second kappa shape index (κ2) is 7.47. The van der Waals surface area contributed by atoms with Crippen LogP contribution in [0.25, 0.3) is 0 Å². The molecular weight excluding hydrogens is 361 g/mol. The predicted molar refractivity (Wildman–Crippen MR) is 104 cm³/mol. The first kappa shape index (κ1) is 18.8. The average molecular weight is 384 g/mol. The number of halogens is 3. The molecule has 28 heavy (non-hydrogen) atoms. The van der Waals surface area contributed by atoms with Gasteiger partial charge in [-0.2, -0.15) is 13.2 Å². The van der Waals surface area contributed by atoms with E-state index in [4.69, 9.17) is 0 Å². The minimum atomic E-state index is -4.34. The maximum atomic E-state index is 13.3. The SMILES string of the molecule is Cc1ccccc1CN1CCCn2cccc2[C@H]1c1cccc(C(F)(F)F)c1. The first-order chi connectivity index (χ1) is 13.4. The third-order valence-corrected chi connectivity index (χ3v) is 5.52. The van der Waals surface area contributed by atoms with Gasteiger partial charge in [0.1, 0.15) is 0 Å². The quantitative estimate of drug-likeness (QED) is 0.553. The van der Waals surface area contributed by atoms with Gasteiger partial charge in [0.15, 0.2) is 0 Å². The summed E-state index contributed by atoms with van der Waals surface area (Å²) >= 11 is 0. The minimum absolute atomic E-state index is 0.209. The summed E-state index contributed by atoms with van der Waals surface area (Å²) in [7, 11) is 0.